The molecular formula is C15H19BrN2O2. The van der Waals surface area contributed by atoms with Gasteiger partial charge in [-0.1, -0.05) is 6.92 Å². The van der Waals surface area contributed by atoms with Crippen LogP contribution in [-0.2, 0) is 0 Å². The molecule has 1 unspecified atom stereocenters. The Balaban J connectivity index is 2.05. The smallest absolute Gasteiger partial charge is 0.271 e. The molecule has 0 aromatic heterocycles. The first-order chi connectivity index (χ1) is 9.65. The maximum absolute atomic E-state index is 12.1. The van der Waals surface area contributed by atoms with Gasteiger partial charge >= 0.3 is 0 Å². The summed E-state index contributed by atoms with van der Waals surface area (Å²) < 4.78 is 5.90. The summed E-state index contributed by atoms with van der Waals surface area (Å²) in [5.74, 6) is 1.04. The molecule has 5 heteroatoms. The molecule has 0 spiro atoms. The predicted octanol–water partition coefficient (Wildman–Crippen LogP) is 3.75. The molecule has 4 nitrogen and oxygen atoms in total. The maximum Gasteiger partial charge on any atom is 0.271 e. The summed E-state index contributed by atoms with van der Waals surface area (Å²) in [5.41, 5.74) is 4.34. The fourth-order valence-electron chi connectivity index (χ4n) is 2.48. The van der Waals surface area contributed by atoms with Crippen LogP contribution in [0.2, 0.25) is 0 Å². The second-order valence-electron chi connectivity index (χ2n) is 4.89. The van der Waals surface area contributed by atoms with Crippen LogP contribution in [0.4, 0.5) is 0 Å². The molecule has 1 amide bonds. The fourth-order valence-corrected chi connectivity index (χ4v) is 3.02. The Bertz CT molecular complexity index is 529. The largest absolute Gasteiger partial charge is 0.496 e. The number of benzene rings is 1. The first-order valence-corrected chi connectivity index (χ1v) is 7.65. The van der Waals surface area contributed by atoms with E-state index in [2.05, 4.69) is 33.4 Å². The lowest BCUT2D eigenvalue weighted by atomic mass is 10.0. The number of rotatable bonds is 4. The van der Waals surface area contributed by atoms with E-state index in [0.717, 1.165) is 23.0 Å². The number of ether oxygens (including phenoxy) is 1. The van der Waals surface area contributed by atoms with Crippen LogP contribution < -0.4 is 10.2 Å². The van der Waals surface area contributed by atoms with E-state index in [0.29, 0.717) is 17.2 Å². The van der Waals surface area contributed by atoms with E-state index in [9.17, 15) is 4.79 Å². The predicted molar refractivity (Wildman–Crippen MR) is 83.2 cm³/mol. The van der Waals surface area contributed by atoms with Crippen LogP contribution in [0.15, 0.2) is 27.8 Å². The van der Waals surface area contributed by atoms with Gasteiger partial charge in [0, 0.05) is 11.3 Å². The number of carbonyl (C=O) groups excluding carboxylic acids is 1. The molecule has 20 heavy (non-hydrogen) atoms. The standard InChI is InChI=1S/C15H19BrN2O2/c1-3-10-5-4-6-13(10)17-18-15(19)11-7-8-14(20-2)12(16)9-11/h7-10H,3-6H2,1-2H3,(H,18,19)/b17-13+. The van der Waals surface area contributed by atoms with Gasteiger partial charge in [0.05, 0.1) is 11.6 Å². The molecule has 0 aliphatic heterocycles. The van der Waals surface area contributed by atoms with Crippen molar-refractivity contribution in [2.24, 2.45) is 11.0 Å². The number of hydrogen-bond acceptors (Lipinski definition) is 3. The molecule has 1 aromatic carbocycles. The fraction of sp³-hybridized carbons (Fsp3) is 0.467. The highest BCUT2D eigenvalue weighted by molar-refractivity contribution is 9.10. The lowest BCUT2D eigenvalue weighted by Gasteiger charge is -2.08. The van der Waals surface area contributed by atoms with Gasteiger partial charge in [0.2, 0.25) is 0 Å². The van der Waals surface area contributed by atoms with E-state index in [1.54, 1.807) is 25.3 Å². The average molecular weight is 339 g/mol. The van der Waals surface area contributed by atoms with E-state index >= 15 is 0 Å². The quantitative estimate of drug-likeness (QED) is 0.850. The topological polar surface area (TPSA) is 50.7 Å². The molecule has 1 saturated carbocycles. The van der Waals surface area contributed by atoms with Gasteiger partial charge in [-0.2, -0.15) is 5.10 Å². The number of halogens is 1. The molecule has 0 heterocycles. The summed E-state index contributed by atoms with van der Waals surface area (Å²) in [4.78, 5) is 12.1. The van der Waals surface area contributed by atoms with Gasteiger partial charge < -0.3 is 4.74 Å². The van der Waals surface area contributed by atoms with Gasteiger partial charge in [0.1, 0.15) is 5.75 Å². The van der Waals surface area contributed by atoms with Crippen LogP contribution in [0.3, 0.4) is 0 Å². The molecule has 0 bridgehead atoms. The zero-order valence-electron chi connectivity index (χ0n) is 11.8. The molecular weight excluding hydrogens is 320 g/mol. The maximum atomic E-state index is 12.1. The van der Waals surface area contributed by atoms with E-state index in [-0.39, 0.29) is 5.91 Å². The van der Waals surface area contributed by atoms with E-state index in [4.69, 9.17) is 4.74 Å². The van der Waals surface area contributed by atoms with Gasteiger partial charge in [-0.3, -0.25) is 4.79 Å². The highest BCUT2D eigenvalue weighted by Gasteiger charge is 2.21. The van der Waals surface area contributed by atoms with Gasteiger partial charge in [-0.15, -0.1) is 0 Å². The van der Waals surface area contributed by atoms with Crippen molar-refractivity contribution in [1.82, 2.24) is 5.43 Å². The van der Waals surface area contributed by atoms with Crippen LogP contribution in [0.1, 0.15) is 43.0 Å². The Kier molecular flexibility index (Phi) is 5.17. The molecule has 0 saturated heterocycles. The van der Waals surface area contributed by atoms with Crippen molar-refractivity contribution in [3.63, 3.8) is 0 Å². The van der Waals surface area contributed by atoms with Crippen molar-refractivity contribution in [1.29, 1.82) is 0 Å². The highest BCUT2D eigenvalue weighted by Crippen LogP contribution is 2.26. The minimum atomic E-state index is -0.192. The van der Waals surface area contributed by atoms with E-state index in [1.807, 2.05) is 0 Å². The SMILES string of the molecule is CCC1CCC/C1=N\NC(=O)c1ccc(OC)c(Br)c1. The number of carbonyl (C=O) groups is 1. The Labute approximate surface area is 127 Å². The first kappa shape index (κ1) is 15.0. The summed E-state index contributed by atoms with van der Waals surface area (Å²) in [5, 5.41) is 4.29. The van der Waals surface area contributed by atoms with Crippen LogP contribution in [0.25, 0.3) is 0 Å². The van der Waals surface area contributed by atoms with Gasteiger partial charge in [-0.25, -0.2) is 5.43 Å². The Morgan fingerprint density at radius 1 is 1.55 bits per heavy atom. The summed E-state index contributed by atoms with van der Waals surface area (Å²) >= 11 is 3.37. The molecule has 1 aliphatic carbocycles. The molecule has 1 fully saturated rings. The summed E-state index contributed by atoms with van der Waals surface area (Å²) in [6.45, 7) is 2.16. The van der Waals surface area contributed by atoms with Crippen LogP contribution in [-0.4, -0.2) is 18.7 Å². The summed E-state index contributed by atoms with van der Waals surface area (Å²) in [6.07, 6.45) is 4.43. The molecule has 108 valence electrons. The normalized spacial score (nSPS) is 20.1. The van der Waals surface area contributed by atoms with Crippen molar-refractivity contribution in [2.75, 3.05) is 7.11 Å². The third kappa shape index (κ3) is 3.39. The Hall–Kier alpha value is -1.36. The van der Waals surface area contributed by atoms with Crippen molar-refractivity contribution in [3.8, 4) is 5.75 Å². The van der Waals surface area contributed by atoms with Crippen molar-refractivity contribution < 1.29 is 9.53 Å². The van der Waals surface area contributed by atoms with Crippen LogP contribution in [0.5, 0.6) is 5.75 Å². The molecule has 1 N–H and O–H groups in total. The summed E-state index contributed by atoms with van der Waals surface area (Å²) in [7, 11) is 1.59. The minimum absolute atomic E-state index is 0.192. The van der Waals surface area contributed by atoms with Crippen LogP contribution >= 0.6 is 15.9 Å². The minimum Gasteiger partial charge on any atom is -0.496 e. The molecule has 1 atom stereocenters. The van der Waals surface area contributed by atoms with Crippen molar-refractivity contribution in [2.45, 2.75) is 32.6 Å². The third-order valence-electron chi connectivity index (χ3n) is 3.66. The molecule has 2 rings (SSSR count). The third-order valence-corrected chi connectivity index (χ3v) is 4.28. The zero-order valence-corrected chi connectivity index (χ0v) is 13.4. The molecule has 1 aromatic rings. The van der Waals surface area contributed by atoms with Gasteiger partial charge in [0.25, 0.3) is 5.91 Å². The van der Waals surface area contributed by atoms with Crippen LogP contribution in [0, 0.1) is 5.92 Å². The molecule has 1 aliphatic rings. The Morgan fingerprint density at radius 3 is 3.00 bits per heavy atom. The lowest BCUT2D eigenvalue weighted by molar-refractivity contribution is 0.0954. The summed E-state index contributed by atoms with van der Waals surface area (Å²) in [6, 6.07) is 5.22. The number of nitrogens with zero attached hydrogens (tertiary/aromatic N) is 1. The van der Waals surface area contributed by atoms with Crippen molar-refractivity contribution >= 4 is 27.5 Å². The van der Waals surface area contributed by atoms with Gasteiger partial charge in [-0.05, 0) is 65.7 Å². The lowest BCUT2D eigenvalue weighted by Crippen LogP contribution is -2.21. The van der Waals surface area contributed by atoms with E-state index in [1.165, 1.54) is 12.8 Å². The second kappa shape index (κ2) is 6.88. The second-order valence-corrected chi connectivity index (χ2v) is 5.75. The number of hydrazone groups is 1. The number of nitrogens with one attached hydrogen (secondary N) is 1. The van der Waals surface area contributed by atoms with Gasteiger partial charge in [0.15, 0.2) is 0 Å². The molecule has 0 radical (unpaired) electrons. The van der Waals surface area contributed by atoms with E-state index < -0.39 is 0 Å². The number of hydrogen-bond donors (Lipinski definition) is 1. The van der Waals surface area contributed by atoms with Crippen molar-refractivity contribution in [3.05, 3.63) is 28.2 Å². The highest BCUT2D eigenvalue weighted by atomic mass is 79.9. The number of methoxy groups -OCH3 is 1. The Morgan fingerprint density at radius 2 is 2.35 bits per heavy atom. The monoisotopic (exact) mass is 338 g/mol. The average Bonchev–Trinajstić information content (AvgIpc) is 2.92. The zero-order chi connectivity index (χ0) is 14.5. The first-order valence-electron chi connectivity index (χ1n) is 6.86. The number of amides is 1.